The lowest BCUT2D eigenvalue weighted by Gasteiger charge is -2.10. The Bertz CT molecular complexity index is 540. The molecule has 0 bridgehead atoms. The molecular formula is C14H17NO2S2. The number of methoxy groups -OCH3 is 1. The molecule has 0 spiro atoms. The first-order valence-corrected chi connectivity index (χ1v) is 7.66. The van der Waals surface area contributed by atoms with Crippen molar-refractivity contribution in [3.63, 3.8) is 0 Å². The van der Waals surface area contributed by atoms with Gasteiger partial charge >= 0.3 is 0 Å². The third kappa shape index (κ3) is 3.42. The van der Waals surface area contributed by atoms with E-state index >= 15 is 0 Å². The zero-order valence-corrected chi connectivity index (χ0v) is 12.8. The summed E-state index contributed by atoms with van der Waals surface area (Å²) in [4.78, 5) is 4.52. The topological polar surface area (TPSA) is 31.4 Å². The van der Waals surface area contributed by atoms with Crippen molar-refractivity contribution < 1.29 is 9.47 Å². The van der Waals surface area contributed by atoms with E-state index in [9.17, 15) is 0 Å². The van der Waals surface area contributed by atoms with Crippen LogP contribution in [0.1, 0.15) is 19.0 Å². The summed E-state index contributed by atoms with van der Waals surface area (Å²) in [7, 11) is 1.65. The highest BCUT2D eigenvalue weighted by atomic mass is 32.1. The molecule has 0 aliphatic rings. The number of thiol groups is 1. The quantitative estimate of drug-likeness (QED) is 0.816. The van der Waals surface area contributed by atoms with Crippen molar-refractivity contribution in [2.45, 2.75) is 19.1 Å². The molecule has 19 heavy (non-hydrogen) atoms. The number of ether oxygens (including phenoxy) is 2. The number of hydrogen-bond acceptors (Lipinski definition) is 5. The summed E-state index contributed by atoms with van der Waals surface area (Å²) in [5.74, 6) is 2.18. The second-order valence-electron chi connectivity index (χ2n) is 4.02. The van der Waals surface area contributed by atoms with Crippen LogP contribution in [0.5, 0.6) is 11.5 Å². The standard InChI is InChI=1S/C14H17NO2S2/c1-3-6-17-13-7-10(4-5-12(13)16-2)14-15-11(8-18)9-19-14/h4-5,7,9,18H,3,6,8H2,1-2H3. The molecule has 0 amide bonds. The lowest BCUT2D eigenvalue weighted by atomic mass is 10.2. The zero-order valence-electron chi connectivity index (χ0n) is 11.0. The summed E-state index contributed by atoms with van der Waals surface area (Å²) >= 11 is 5.85. The van der Waals surface area contributed by atoms with Gasteiger partial charge in [0.15, 0.2) is 11.5 Å². The minimum absolute atomic E-state index is 0.659. The van der Waals surface area contributed by atoms with E-state index in [0.29, 0.717) is 12.4 Å². The van der Waals surface area contributed by atoms with Gasteiger partial charge in [0.05, 0.1) is 19.4 Å². The number of benzene rings is 1. The number of thiazole rings is 1. The van der Waals surface area contributed by atoms with Gasteiger partial charge in [-0.1, -0.05) is 6.92 Å². The number of rotatable bonds is 6. The largest absolute Gasteiger partial charge is 0.493 e. The van der Waals surface area contributed by atoms with Crippen molar-refractivity contribution in [2.75, 3.05) is 13.7 Å². The van der Waals surface area contributed by atoms with E-state index in [1.165, 1.54) is 0 Å². The lowest BCUT2D eigenvalue weighted by Crippen LogP contribution is -1.98. The van der Waals surface area contributed by atoms with E-state index in [2.05, 4.69) is 24.5 Å². The fourth-order valence-electron chi connectivity index (χ4n) is 1.65. The monoisotopic (exact) mass is 295 g/mol. The van der Waals surface area contributed by atoms with Crippen LogP contribution < -0.4 is 9.47 Å². The van der Waals surface area contributed by atoms with Crippen molar-refractivity contribution in [3.05, 3.63) is 29.3 Å². The average Bonchev–Trinajstić information content (AvgIpc) is 2.93. The first-order chi connectivity index (χ1) is 9.28. The van der Waals surface area contributed by atoms with Crippen LogP contribution in [0.25, 0.3) is 10.6 Å². The SMILES string of the molecule is CCCOc1cc(-c2nc(CS)cs2)ccc1OC. The molecule has 5 heteroatoms. The number of hydrogen-bond donors (Lipinski definition) is 1. The fourth-order valence-corrected chi connectivity index (χ4v) is 2.75. The van der Waals surface area contributed by atoms with Crippen LogP contribution in [0.2, 0.25) is 0 Å². The molecule has 1 aromatic carbocycles. The third-order valence-corrected chi connectivity index (χ3v) is 3.85. The van der Waals surface area contributed by atoms with Crippen molar-refractivity contribution in [3.8, 4) is 22.1 Å². The first-order valence-electron chi connectivity index (χ1n) is 6.15. The van der Waals surface area contributed by atoms with E-state index in [4.69, 9.17) is 9.47 Å². The molecule has 1 aromatic heterocycles. The van der Waals surface area contributed by atoms with Crippen molar-refractivity contribution >= 4 is 24.0 Å². The van der Waals surface area contributed by atoms with Crippen LogP contribution in [0, 0.1) is 0 Å². The third-order valence-electron chi connectivity index (χ3n) is 2.59. The maximum absolute atomic E-state index is 5.71. The van der Waals surface area contributed by atoms with Gasteiger partial charge in [0.2, 0.25) is 0 Å². The van der Waals surface area contributed by atoms with Gasteiger partial charge in [-0.05, 0) is 24.6 Å². The predicted octanol–water partition coefficient (Wildman–Crippen LogP) is 4.04. The molecule has 1 heterocycles. The van der Waals surface area contributed by atoms with Crippen LogP contribution in [0.4, 0.5) is 0 Å². The Hall–Kier alpha value is -1.20. The van der Waals surface area contributed by atoms with Gasteiger partial charge < -0.3 is 9.47 Å². The summed E-state index contributed by atoms with van der Waals surface area (Å²) in [6.07, 6.45) is 0.967. The van der Waals surface area contributed by atoms with Gasteiger partial charge in [-0.3, -0.25) is 0 Å². The zero-order chi connectivity index (χ0) is 13.7. The number of nitrogens with zero attached hydrogens (tertiary/aromatic N) is 1. The number of aromatic nitrogens is 1. The molecule has 0 saturated carbocycles. The highest BCUT2D eigenvalue weighted by molar-refractivity contribution is 7.79. The van der Waals surface area contributed by atoms with Crippen molar-refractivity contribution in [2.24, 2.45) is 0 Å². The van der Waals surface area contributed by atoms with Crippen LogP contribution in [0.15, 0.2) is 23.6 Å². The van der Waals surface area contributed by atoms with Gasteiger partial charge in [0, 0.05) is 16.7 Å². The second kappa shape index (κ2) is 6.82. The molecule has 0 fully saturated rings. The molecule has 0 saturated heterocycles. The Morgan fingerprint density at radius 3 is 2.79 bits per heavy atom. The minimum Gasteiger partial charge on any atom is -0.493 e. The molecule has 2 rings (SSSR count). The highest BCUT2D eigenvalue weighted by Gasteiger charge is 2.09. The smallest absolute Gasteiger partial charge is 0.161 e. The fraction of sp³-hybridized carbons (Fsp3) is 0.357. The van der Waals surface area contributed by atoms with Gasteiger partial charge in [-0.2, -0.15) is 12.6 Å². The summed E-state index contributed by atoms with van der Waals surface area (Å²) in [5, 5.41) is 3.01. The van der Waals surface area contributed by atoms with E-state index in [-0.39, 0.29) is 0 Å². The summed E-state index contributed by atoms with van der Waals surface area (Å²) < 4.78 is 11.0. The van der Waals surface area contributed by atoms with E-state index in [1.807, 2.05) is 23.6 Å². The van der Waals surface area contributed by atoms with E-state index in [1.54, 1.807) is 18.4 Å². The van der Waals surface area contributed by atoms with Gasteiger partial charge in [-0.15, -0.1) is 11.3 Å². The molecule has 102 valence electrons. The maximum Gasteiger partial charge on any atom is 0.161 e. The van der Waals surface area contributed by atoms with E-state index in [0.717, 1.165) is 34.2 Å². The van der Waals surface area contributed by atoms with Crippen LogP contribution in [0.3, 0.4) is 0 Å². The normalized spacial score (nSPS) is 10.5. The van der Waals surface area contributed by atoms with Crippen LogP contribution >= 0.6 is 24.0 Å². The molecule has 0 aliphatic heterocycles. The first kappa shape index (κ1) is 14.2. The van der Waals surface area contributed by atoms with Gasteiger partial charge in [0.1, 0.15) is 5.01 Å². The van der Waals surface area contributed by atoms with Gasteiger partial charge in [0.25, 0.3) is 0 Å². The molecule has 2 aromatic rings. The van der Waals surface area contributed by atoms with Crippen molar-refractivity contribution in [1.29, 1.82) is 0 Å². The lowest BCUT2D eigenvalue weighted by molar-refractivity contribution is 0.294. The maximum atomic E-state index is 5.71. The summed E-state index contributed by atoms with van der Waals surface area (Å²) in [5.41, 5.74) is 2.04. The molecule has 0 radical (unpaired) electrons. The summed E-state index contributed by atoms with van der Waals surface area (Å²) in [6, 6.07) is 5.90. The Balaban J connectivity index is 2.30. The van der Waals surface area contributed by atoms with Crippen molar-refractivity contribution in [1.82, 2.24) is 4.98 Å². The Morgan fingerprint density at radius 1 is 1.32 bits per heavy atom. The molecule has 0 unspecified atom stereocenters. The summed E-state index contributed by atoms with van der Waals surface area (Å²) in [6.45, 7) is 2.76. The molecule has 0 N–H and O–H groups in total. The van der Waals surface area contributed by atoms with Crippen LogP contribution in [-0.4, -0.2) is 18.7 Å². The second-order valence-corrected chi connectivity index (χ2v) is 5.19. The van der Waals surface area contributed by atoms with E-state index < -0.39 is 0 Å². The minimum atomic E-state index is 0.659. The molecule has 0 atom stereocenters. The highest BCUT2D eigenvalue weighted by Crippen LogP contribution is 2.34. The Labute approximate surface area is 123 Å². The van der Waals surface area contributed by atoms with Crippen LogP contribution in [-0.2, 0) is 5.75 Å². The predicted molar refractivity (Wildman–Crippen MR) is 82.6 cm³/mol. The molecule has 0 aliphatic carbocycles. The molecule has 3 nitrogen and oxygen atoms in total. The Morgan fingerprint density at radius 2 is 2.16 bits per heavy atom. The van der Waals surface area contributed by atoms with Gasteiger partial charge in [-0.25, -0.2) is 4.98 Å². The Kier molecular flexibility index (Phi) is 5.10. The average molecular weight is 295 g/mol. The molecular weight excluding hydrogens is 278 g/mol.